The van der Waals surface area contributed by atoms with E-state index < -0.39 is 17.5 Å². The van der Waals surface area contributed by atoms with E-state index in [0.717, 1.165) is 6.07 Å². The van der Waals surface area contributed by atoms with Crippen LogP contribution in [0.1, 0.15) is 24.0 Å². The molecule has 3 nitrogen and oxygen atoms in total. The largest absolute Gasteiger partial charge is 0.505 e. The number of aromatic hydroxyl groups is 1. The number of hydrogen-bond donors (Lipinski definition) is 2. The summed E-state index contributed by atoms with van der Waals surface area (Å²) in [4.78, 5) is 10.3. The van der Waals surface area contributed by atoms with Gasteiger partial charge in [-0.05, 0) is 31.4 Å². The van der Waals surface area contributed by atoms with Crippen LogP contribution in [0, 0.1) is 12.7 Å². The first-order valence-electron chi connectivity index (χ1n) is 4.81. The first kappa shape index (κ1) is 12.8. The highest BCUT2D eigenvalue weighted by Crippen LogP contribution is 2.31. The van der Waals surface area contributed by atoms with E-state index in [9.17, 15) is 14.3 Å². The summed E-state index contributed by atoms with van der Waals surface area (Å²) in [6.45, 7) is 1.66. The summed E-state index contributed by atoms with van der Waals surface area (Å²) in [5, 5.41) is 18.2. The summed E-state index contributed by atoms with van der Waals surface area (Å²) < 4.78 is 13.2. The van der Waals surface area contributed by atoms with Crippen molar-refractivity contribution < 1.29 is 19.4 Å². The van der Waals surface area contributed by atoms with Crippen LogP contribution < -0.4 is 0 Å². The lowest BCUT2D eigenvalue weighted by atomic mass is 10.0. The molecular formula is C11H12ClFO3. The lowest BCUT2D eigenvalue weighted by Crippen LogP contribution is -1.99. The van der Waals surface area contributed by atoms with Crippen molar-refractivity contribution in [2.45, 2.75) is 26.2 Å². The second kappa shape index (κ2) is 5.16. The third-order valence-electron chi connectivity index (χ3n) is 2.39. The van der Waals surface area contributed by atoms with E-state index in [1.807, 2.05) is 0 Å². The van der Waals surface area contributed by atoms with Gasteiger partial charge in [0.15, 0.2) is 11.6 Å². The second-order valence-corrected chi connectivity index (χ2v) is 3.95. The van der Waals surface area contributed by atoms with Crippen LogP contribution in [-0.4, -0.2) is 16.2 Å². The number of hydrogen-bond acceptors (Lipinski definition) is 2. The average Bonchev–Trinajstić information content (AvgIpc) is 2.20. The van der Waals surface area contributed by atoms with Gasteiger partial charge in [0, 0.05) is 17.0 Å². The van der Waals surface area contributed by atoms with E-state index in [0.29, 0.717) is 24.0 Å². The molecule has 0 heterocycles. The fourth-order valence-electron chi connectivity index (χ4n) is 1.48. The molecule has 0 bridgehead atoms. The van der Waals surface area contributed by atoms with Gasteiger partial charge >= 0.3 is 5.97 Å². The topological polar surface area (TPSA) is 57.5 Å². The van der Waals surface area contributed by atoms with Crippen molar-refractivity contribution >= 4 is 17.6 Å². The molecule has 1 aromatic rings. The molecular weight excluding hydrogens is 235 g/mol. The molecule has 0 unspecified atom stereocenters. The SMILES string of the molecule is Cc1c(Cl)cc(F)c(O)c1CCCC(=O)O. The fourth-order valence-corrected chi connectivity index (χ4v) is 1.69. The van der Waals surface area contributed by atoms with E-state index >= 15 is 0 Å². The third-order valence-corrected chi connectivity index (χ3v) is 2.79. The van der Waals surface area contributed by atoms with Crippen LogP contribution in [-0.2, 0) is 11.2 Å². The third kappa shape index (κ3) is 2.85. The highest BCUT2D eigenvalue weighted by atomic mass is 35.5. The summed E-state index contributed by atoms with van der Waals surface area (Å²) >= 11 is 5.77. The minimum atomic E-state index is -0.917. The Balaban J connectivity index is 2.90. The predicted molar refractivity (Wildman–Crippen MR) is 58.4 cm³/mol. The van der Waals surface area contributed by atoms with Crippen LogP contribution in [0.5, 0.6) is 5.75 Å². The molecule has 1 rings (SSSR count). The van der Waals surface area contributed by atoms with E-state index in [-0.39, 0.29) is 11.4 Å². The maximum atomic E-state index is 13.2. The number of phenolic OH excluding ortho intramolecular Hbond substituents is 1. The molecule has 0 saturated carbocycles. The predicted octanol–water partition coefficient (Wildman–Crippen LogP) is 2.90. The molecule has 0 spiro atoms. The molecule has 16 heavy (non-hydrogen) atoms. The van der Waals surface area contributed by atoms with Crippen molar-refractivity contribution in [1.29, 1.82) is 0 Å². The molecule has 0 atom stereocenters. The summed E-state index contributed by atoms with van der Waals surface area (Å²) in [5.41, 5.74) is 0.970. The number of phenols is 1. The Bertz CT molecular complexity index is 392. The fraction of sp³-hybridized carbons (Fsp3) is 0.364. The molecule has 0 amide bonds. The van der Waals surface area contributed by atoms with Crippen molar-refractivity contribution in [3.63, 3.8) is 0 Å². The molecule has 5 heteroatoms. The number of halogens is 2. The Morgan fingerprint density at radius 2 is 2.19 bits per heavy atom. The smallest absolute Gasteiger partial charge is 0.303 e. The average molecular weight is 247 g/mol. The zero-order valence-corrected chi connectivity index (χ0v) is 9.51. The van der Waals surface area contributed by atoms with Gasteiger partial charge in [-0.3, -0.25) is 4.79 Å². The molecule has 0 aliphatic rings. The highest BCUT2D eigenvalue weighted by Gasteiger charge is 2.14. The van der Waals surface area contributed by atoms with E-state index in [2.05, 4.69) is 0 Å². The Hall–Kier alpha value is -1.29. The van der Waals surface area contributed by atoms with Gasteiger partial charge in [-0.2, -0.15) is 0 Å². The monoisotopic (exact) mass is 246 g/mol. The van der Waals surface area contributed by atoms with E-state index in [1.165, 1.54) is 0 Å². The van der Waals surface area contributed by atoms with Gasteiger partial charge < -0.3 is 10.2 Å². The van der Waals surface area contributed by atoms with Crippen molar-refractivity contribution in [3.8, 4) is 5.75 Å². The number of carboxylic acids is 1. The first-order valence-corrected chi connectivity index (χ1v) is 5.19. The van der Waals surface area contributed by atoms with Crippen molar-refractivity contribution in [1.82, 2.24) is 0 Å². The van der Waals surface area contributed by atoms with Crippen LogP contribution in [0.2, 0.25) is 5.02 Å². The zero-order valence-electron chi connectivity index (χ0n) is 8.76. The summed E-state index contributed by atoms with van der Waals surface area (Å²) in [7, 11) is 0. The highest BCUT2D eigenvalue weighted by molar-refractivity contribution is 6.31. The van der Waals surface area contributed by atoms with Crippen LogP contribution in [0.4, 0.5) is 4.39 Å². The van der Waals surface area contributed by atoms with Gasteiger partial charge in [-0.15, -0.1) is 0 Å². The van der Waals surface area contributed by atoms with Crippen molar-refractivity contribution in [2.24, 2.45) is 0 Å². The number of rotatable bonds is 4. The maximum absolute atomic E-state index is 13.2. The lowest BCUT2D eigenvalue weighted by molar-refractivity contribution is -0.137. The summed E-state index contributed by atoms with van der Waals surface area (Å²) in [5.74, 6) is -2.13. The first-order chi connectivity index (χ1) is 7.43. The van der Waals surface area contributed by atoms with Gasteiger partial charge in [0.1, 0.15) is 0 Å². The quantitative estimate of drug-likeness (QED) is 0.859. The van der Waals surface area contributed by atoms with Crippen molar-refractivity contribution in [2.75, 3.05) is 0 Å². The lowest BCUT2D eigenvalue weighted by Gasteiger charge is -2.10. The number of benzene rings is 1. The molecule has 88 valence electrons. The molecule has 2 N–H and O–H groups in total. The van der Waals surface area contributed by atoms with Gasteiger partial charge in [0.05, 0.1) is 0 Å². The molecule has 1 aromatic carbocycles. The Kier molecular flexibility index (Phi) is 4.12. The standard InChI is InChI=1S/C11H12ClFO3/c1-6-7(3-2-4-10(14)15)11(16)9(13)5-8(6)12/h5,16H,2-4H2,1H3,(H,14,15). The van der Waals surface area contributed by atoms with Crippen molar-refractivity contribution in [3.05, 3.63) is 28.0 Å². The molecule has 0 aliphatic heterocycles. The van der Waals surface area contributed by atoms with Crippen LogP contribution in [0.3, 0.4) is 0 Å². The Morgan fingerprint density at radius 1 is 1.56 bits per heavy atom. The van der Waals surface area contributed by atoms with E-state index in [4.69, 9.17) is 16.7 Å². The molecule has 0 aliphatic carbocycles. The molecule has 0 radical (unpaired) electrons. The number of carbonyl (C=O) groups is 1. The minimum absolute atomic E-state index is 0.0208. The Labute approximate surface area is 97.5 Å². The van der Waals surface area contributed by atoms with Gasteiger partial charge in [0.25, 0.3) is 0 Å². The number of aliphatic carboxylic acids is 1. The van der Waals surface area contributed by atoms with Gasteiger partial charge in [-0.1, -0.05) is 11.6 Å². The summed E-state index contributed by atoms with van der Waals surface area (Å²) in [6, 6.07) is 1.05. The van der Waals surface area contributed by atoms with E-state index in [1.54, 1.807) is 6.92 Å². The Morgan fingerprint density at radius 3 is 2.75 bits per heavy atom. The summed E-state index contributed by atoms with van der Waals surface area (Å²) in [6.07, 6.45) is 0.609. The van der Waals surface area contributed by atoms with Gasteiger partial charge in [0.2, 0.25) is 0 Å². The second-order valence-electron chi connectivity index (χ2n) is 3.54. The molecule has 0 fully saturated rings. The van der Waals surface area contributed by atoms with Gasteiger partial charge in [-0.25, -0.2) is 4.39 Å². The molecule has 0 saturated heterocycles. The maximum Gasteiger partial charge on any atom is 0.303 e. The van der Waals surface area contributed by atoms with Crippen LogP contribution in [0.15, 0.2) is 6.07 Å². The minimum Gasteiger partial charge on any atom is -0.505 e. The van der Waals surface area contributed by atoms with Crippen LogP contribution in [0.25, 0.3) is 0 Å². The molecule has 0 aromatic heterocycles. The van der Waals surface area contributed by atoms with Crippen LogP contribution >= 0.6 is 11.6 Å². The normalized spacial score (nSPS) is 10.4. The number of carboxylic acid groups (broad SMARTS) is 1. The zero-order chi connectivity index (χ0) is 12.3.